The number of carbonyl (C=O) groups is 2. The minimum Gasteiger partial charge on any atom is -0.338 e. The molecule has 0 aromatic heterocycles. The number of urea groups is 1. The van der Waals surface area contributed by atoms with E-state index in [9.17, 15) is 14.0 Å². The summed E-state index contributed by atoms with van der Waals surface area (Å²) in [5.74, 6) is -0.405. The number of halogens is 1. The van der Waals surface area contributed by atoms with Gasteiger partial charge in [-0.15, -0.1) is 0 Å². The van der Waals surface area contributed by atoms with Crippen molar-refractivity contribution in [2.24, 2.45) is 0 Å². The van der Waals surface area contributed by atoms with E-state index in [2.05, 4.69) is 29.4 Å². The Labute approximate surface area is 161 Å². The van der Waals surface area contributed by atoms with Gasteiger partial charge in [0.2, 0.25) is 5.91 Å². The highest BCUT2D eigenvalue weighted by atomic mass is 19.1. The van der Waals surface area contributed by atoms with Crippen molar-refractivity contribution in [2.75, 3.05) is 37.6 Å². The van der Waals surface area contributed by atoms with Crippen LogP contribution in [0, 0.1) is 5.82 Å². The highest BCUT2D eigenvalue weighted by Crippen LogP contribution is 2.21. The predicted octanol–water partition coefficient (Wildman–Crippen LogP) is 2.74. The van der Waals surface area contributed by atoms with Gasteiger partial charge in [-0.3, -0.25) is 4.79 Å². The standard InChI is InChI=1S/C20H31FN4O2/c1-3-11-24(12-4-2)13-5-10-22-20(27)23-17-14-19(26)25(15-17)18-8-6-16(21)7-9-18/h6-9,17H,3-5,10-15H2,1-2H3,(H2,22,23,27)/t17-/m0/s1. The Morgan fingerprint density at radius 2 is 1.85 bits per heavy atom. The van der Waals surface area contributed by atoms with Crippen molar-refractivity contribution in [1.29, 1.82) is 0 Å². The van der Waals surface area contributed by atoms with E-state index >= 15 is 0 Å². The molecule has 7 heteroatoms. The first-order valence-electron chi connectivity index (χ1n) is 9.86. The second-order valence-corrected chi connectivity index (χ2v) is 6.98. The molecule has 3 amide bonds. The third-order valence-corrected chi connectivity index (χ3v) is 4.61. The molecule has 6 nitrogen and oxygen atoms in total. The van der Waals surface area contributed by atoms with Crippen LogP contribution < -0.4 is 15.5 Å². The second-order valence-electron chi connectivity index (χ2n) is 6.98. The number of nitrogens with zero attached hydrogens (tertiary/aromatic N) is 2. The van der Waals surface area contributed by atoms with E-state index in [4.69, 9.17) is 0 Å². The van der Waals surface area contributed by atoms with Crippen LogP contribution in [0.15, 0.2) is 24.3 Å². The highest BCUT2D eigenvalue weighted by Gasteiger charge is 2.31. The molecular weight excluding hydrogens is 347 g/mol. The van der Waals surface area contributed by atoms with Crippen molar-refractivity contribution in [3.63, 3.8) is 0 Å². The highest BCUT2D eigenvalue weighted by molar-refractivity contribution is 5.96. The third kappa shape index (κ3) is 6.82. The molecule has 2 N–H and O–H groups in total. The van der Waals surface area contributed by atoms with Crippen LogP contribution in [0.1, 0.15) is 39.5 Å². The minimum atomic E-state index is -0.337. The van der Waals surface area contributed by atoms with Crippen molar-refractivity contribution in [3.05, 3.63) is 30.1 Å². The van der Waals surface area contributed by atoms with Crippen LogP contribution in [-0.4, -0.2) is 55.6 Å². The second kappa shape index (κ2) is 10.9. The molecule has 1 fully saturated rings. The number of carbonyl (C=O) groups excluding carboxylic acids is 2. The molecule has 0 radical (unpaired) electrons. The third-order valence-electron chi connectivity index (χ3n) is 4.61. The Kier molecular flexibility index (Phi) is 8.51. The summed E-state index contributed by atoms with van der Waals surface area (Å²) >= 11 is 0. The van der Waals surface area contributed by atoms with Gasteiger partial charge in [0, 0.05) is 25.2 Å². The normalized spacial score (nSPS) is 16.8. The van der Waals surface area contributed by atoms with Crippen molar-refractivity contribution < 1.29 is 14.0 Å². The Morgan fingerprint density at radius 3 is 2.48 bits per heavy atom. The van der Waals surface area contributed by atoms with Gasteiger partial charge in [-0.25, -0.2) is 9.18 Å². The van der Waals surface area contributed by atoms with Gasteiger partial charge in [0.1, 0.15) is 5.82 Å². The fourth-order valence-electron chi connectivity index (χ4n) is 3.38. The van der Waals surface area contributed by atoms with Gasteiger partial charge in [-0.1, -0.05) is 13.8 Å². The van der Waals surface area contributed by atoms with Gasteiger partial charge in [0.25, 0.3) is 0 Å². The van der Waals surface area contributed by atoms with Crippen molar-refractivity contribution in [3.8, 4) is 0 Å². The van der Waals surface area contributed by atoms with Crippen LogP contribution in [-0.2, 0) is 4.79 Å². The van der Waals surface area contributed by atoms with E-state index < -0.39 is 0 Å². The first-order valence-corrected chi connectivity index (χ1v) is 9.86. The molecule has 1 aliphatic rings. The molecule has 150 valence electrons. The van der Waals surface area contributed by atoms with E-state index in [-0.39, 0.29) is 30.2 Å². The van der Waals surface area contributed by atoms with Crippen LogP contribution in [0.5, 0.6) is 0 Å². The fraction of sp³-hybridized carbons (Fsp3) is 0.600. The Balaban J connectivity index is 1.70. The molecule has 1 saturated heterocycles. The molecule has 1 aliphatic heterocycles. The van der Waals surface area contributed by atoms with Crippen LogP contribution in [0.4, 0.5) is 14.9 Å². The molecule has 1 atom stereocenters. The molecule has 0 saturated carbocycles. The van der Waals surface area contributed by atoms with Crippen LogP contribution in [0.25, 0.3) is 0 Å². The average molecular weight is 378 g/mol. The summed E-state index contributed by atoms with van der Waals surface area (Å²) in [4.78, 5) is 28.2. The Morgan fingerprint density at radius 1 is 1.19 bits per heavy atom. The van der Waals surface area contributed by atoms with Crippen molar-refractivity contribution in [1.82, 2.24) is 15.5 Å². The summed E-state index contributed by atoms with van der Waals surface area (Å²) in [6, 6.07) is 5.33. The van der Waals surface area contributed by atoms with E-state index in [1.165, 1.54) is 12.1 Å². The van der Waals surface area contributed by atoms with E-state index in [0.29, 0.717) is 18.8 Å². The summed E-state index contributed by atoms with van der Waals surface area (Å²) in [6.07, 6.45) is 3.42. The van der Waals surface area contributed by atoms with Crippen LogP contribution in [0.3, 0.4) is 0 Å². The van der Waals surface area contributed by atoms with Crippen molar-refractivity contribution >= 4 is 17.6 Å². The van der Waals surface area contributed by atoms with Gasteiger partial charge in [-0.2, -0.15) is 0 Å². The largest absolute Gasteiger partial charge is 0.338 e. The maximum absolute atomic E-state index is 13.0. The van der Waals surface area contributed by atoms with E-state index in [1.807, 2.05) is 0 Å². The zero-order valence-electron chi connectivity index (χ0n) is 16.3. The van der Waals surface area contributed by atoms with Gasteiger partial charge in [0.05, 0.1) is 6.04 Å². The number of rotatable bonds is 10. The maximum atomic E-state index is 13.0. The topological polar surface area (TPSA) is 64.7 Å². The zero-order valence-corrected chi connectivity index (χ0v) is 16.3. The summed E-state index contributed by atoms with van der Waals surface area (Å²) in [6.45, 7) is 8.50. The molecule has 1 aromatic rings. The number of anilines is 1. The lowest BCUT2D eigenvalue weighted by molar-refractivity contribution is -0.117. The molecule has 0 unspecified atom stereocenters. The molecule has 2 rings (SSSR count). The molecule has 0 spiro atoms. The molecular formula is C20H31FN4O2. The first kappa shape index (κ1) is 21.2. The quantitative estimate of drug-likeness (QED) is 0.616. The number of nitrogens with one attached hydrogen (secondary N) is 2. The van der Waals surface area contributed by atoms with Gasteiger partial charge in [0.15, 0.2) is 0 Å². The predicted molar refractivity (Wildman–Crippen MR) is 105 cm³/mol. The number of benzene rings is 1. The summed E-state index contributed by atoms with van der Waals surface area (Å²) in [5.41, 5.74) is 0.651. The van der Waals surface area contributed by atoms with Gasteiger partial charge in [-0.05, 0) is 63.2 Å². The van der Waals surface area contributed by atoms with E-state index in [0.717, 1.165) is 38.9 Å². The average Bonchev–Trinajstić information content (AvgIpc) is 2.99. The lowest BCUT2D eigenvalue weighted by Gasteiger charge is -2.21. The van der Waals surface area contributed by atoms with Crippen LogP contribution in [0.2, 0.25) is 0 Å². The lowest BCUT2D eigenvalue weighted by Crippen LogP contribution is -2.44. The summed E-state index contributed by atoms with van der Waals surface area (Å²) in [5, 5.41) is 5.73. The zero-order chi connectivity index (χ0) is 19.6. The van der Waals surface area contributed by atoms with Gasteiger partial charge < -0.3 is 20.4 Å². The smallest absolute Gasteiger partial charge is 0.315 e. The number of hydrogen-bond donors (Lipinski definition) is 2. The molecule has 1 heterocycles. The number of hydrogen-bond acceptors (Lipinski definition) is 3. The maximum Gasteiger partial charge on any atom is 0.315 e. The molecule has 27 heavy (non-hydrogen) atoms. The molecule has 0 bridgehead atoms. The summed E-state index contributed by atoms with van der Waals surface area (Å²) < 4.78 is 13.0. The summed E-state index contributed by atoms with van der Waals surface area (Å²) in [7, 11) is 0. The Bertz CT molecular complexity index is 603. The minimum absolute atomic E-state index is 0.0679. The van der Waals surface area contributed by atoms with Crippen LogP contribution >= 0.6 is 0 Å². The SMILES string of the molecule is CCCN(CCC)CCCNC(=O)N[C@H]1CC(=O)N(c2ccc(F)cc2)C1. The molecule has 1 aromatic carbocycles. The number of amides is 3. The fourth-order valence-corrected chi connectivity index (χ4v) is 3.38. The van der Waals surface area contributed by atoms with E-state index in [1.54, 1.807) is 17.0 Å². The lowest BCUT2D eigenvalue weighted by atomic mass is 10.2. The van der Waals surface area contributed by atoms with Gasteiger partial charge >= 0.3 is 6.03 Å². The monoisotopic (exact) mass is 378 g/mol. The van der Waals surface area contributed by atoms with Crippen molar-refractivity contribution in [2.45, 2.75) is 45.6 Å². The first-order chi connectivity index (χ1) is 13.0. The molecule has 0 aliphatic carbocycles. The Hall–Kier alpha value is -2.15.